The first-order valence-electron chi connectivity index (χ1n) is 7.62. The third-order valence-corrected chi connectivity index (χ3v) is 5.23. The zero-order valence-electron chi connectivity index (χ0n) is 11.7. The Morgan fingerprint density at radius 3 is 2.16 bits per heavy atom. The molecule has 4 bridgehead atoms. The van der Waals surface area contributed by atoms with E-state index in [1.807, 2.05) is 6.08 Å². The summed E-state index contributed by atoms with van der Waals surface area (Å²) in [7, 11) is 0. The maximum absolute atomic E-state index is 12.2. The molecule has 4 saturated carbocycles. The first-order chi connectivity index (χ1) is 9.10. The van der Waals surface area contributed by atoms with Gasteiger partial charge in [0, 0.05) is 5.57 Å². The van der Waals surface area contributed by atoms with Crippen molar-refractivity contribution in [2.24, 2.45) is 17.8 Å². The minimum atomic E-state index is -0.163. The first kappa shape index (κ1) is 13.0. The van der Waals surface area contributed by atoms with Gasteiger partial charge in [0.15, 0.2) is 0 Å². The average molecular weight is 260 g/mol. The van der Waals surface area contributed by atoms with Gasteiger partial charge < -0.3 is 4.74 Å². The third-order valence-electron chi connectivity index (χ3n) is 5.23. The average Bonchev–Trinajstić information content (AvgIpc) is 2.33. The first-order valence-corrected chi connectivity index (χ1v) is 7.62. The van der Waals surface area contributed by atoms with Gasteiger partial charge in [0.05, 0.1) is 0 Å². The fraction of sp³-hybridized carbons (Fsp3) is 0.706. The maximum Gasteiger partial charge on any atom is 0.333 e. The van der Waals surface area contributed by atoms with Gasteiger partial charge in [-0.15, -0.1) is 6.58 Å². The van der Waals surface area contributed by atoms with E-state index in [4.69, 9.17) is 4.74 Å². The van der Waals surface area contributed by atoms with Crippen LogP contribution in [-0.2, 0) is 9.53 Å². The summed E-state index contributed by atoms with van der Waals surface area (Å²) in [5.74, 6) is 2.25. The van der Waals surface area contributed by atoms with Gasteiger partial charge in [0.25, 0.3) is 0 Å². The molecule has 2 nitrogen and oxygen atoms in total. The Morgan fingerprint density at radius 2 is 1.68 bits per heavy atom. The molecular weight excluding hydrogens is 236 g/mol. The normalized spacial score (nSPS) is 39.1. The largest absolute Gasteiger partial charge is 0.456 e. The summed E-state index contributed by atoms with van der Waals surface area (Å²) in [6.45, 7) is 7.55. The van der Waals surface area contributed by atoms with Gasteiger partial charge in [-0.3, -0.25) is 0 Å². The summed E-state index contributed by atoms with van der Waals surface area (Å²) < 4.78 is 5.94. The Balaban J connectivity index is 1.64. The van der Waals surface area contributed by atoms with E-state index in [0.717, 1.165) is 43.4 Å². The second kappa shape index (κ2) is 4.81. The molecule has 4 rings (SSSR count). The second-order valence-electron chi connectivity index (χ2n) is 6.92. The number of allylic oxidation sites excluding steroid dienone is 1. The van der Waals surface area contributed by atoms with Crippen LogP contribution in [0.25, 0.3) is 0 Å². The van der Waals surface area contributed by atoms with Crippen molar-refractivity contribution >= 4 is 5.97 Å². The lowest BCUT2D eigenvalue weighted by atomic mass is 9.54. The molecule has 0 amide bonds. The molecule has 0 radical (unpaired) electrons. The molecule has 0 aliphatic heterocycles. The van der Waals surface area contributed by atoms with Gasteiger partial charge in [0.1, 0.15) is 5.60 Å². The summed E-state index contributed by atoms with van der Waals surface area (Å²) in [5, 5.41) is 0. The zero-order valence-corrected chi connectivity index (χ0v) is 11.7. The molecule has 0 aromatic carbocycles. The highest BCUT2D eigenvalue weighted by Crippen LogP contribution is 2.57. The van der Waals surface area contributed by atoms with E-state index in [-0.39, 0.29) is 11.6 Å². The Bertz CT molecular complexity index is 372. The van der Waals surface area contributed by atoms with Crippen molar-refractivity contribution in [2.75, 3.05) is 0 Å². The van der Waals surface area contributed by atoms with Crippen molar-refractivity contribution in [1.29, 1.82) is 0 Å². The molecule has 4 fully saturated rings. The quantitative estimate of drug-likeness (QED) is 0.424. The monoisotopic (exact) mass is 260 g/mol. The van der Waals surface area contributed by atoms with Crippen LogP contribution in [0.1, 0.15) is 51.4 Å². The van der Waals surface area contributed by atoms with E-state index in [2.05, 4.69) is 13.2 Å². The molecule has 0 aromatic heterocycles. The summed E-state index contributed by atoms with van der Waals surface area (Å²) >= 11 is 0. The van der Waals surface area contributed by atoms with E-state index < -0.39 is 0 Å². The topological polar surface area (TPSA) is 26.3 Å². The predicted octanol–water partition coefficient (Wildman–Crippen LogP) is 4.02. The van der Waals surface area contributed by atoms with Crippen LogP contribution >= 0.6 is 0 Å². The van der Waals surface area contributed by atoms with Crippen molar-refractivity contribution in [3.05, 3.63) is 24.8 Å². The number of ether oxygens (including phenoxy) is 1. The Hall–Kier alpha value is -1.05. The van der Waals surface area contributed by atoms with Crippen LogP contribution in [0, 0.1) is 17.8 Å². The molecule has 0 heterocycles. The van der Waals surface area contributed by atoms with Crippen molar-refractivity contribution in [1.82, 2.24) is 0 Å². The molecule has 104 valence electrons. The van der Waals surface area contributed by atoms with Crippen molar-refractivity contribution in [2.45, 2.75) is 57.0 Å². The molecular formula is C17H24O2. The Labute approximate surface area is 115 Å². The third kappa shape index (κ3) is 2.50. The fourth-order valence-corrected chi connectivity index (χ4v) is 4.80. The molecule has 0 unspecified atom stereocenters. The van der Waals surface area contributed by atoms with E-state index in [9.17, 15) is 4.79 Å². The highest BCUT2D eigenvalue weighted by Gasteiger charge is 2.53. The van der Waals surface area contributed by atoms with Crippen LogP contribution in [0.2, 0.25) is 0 Å². The van der Waals surface area contributed by atoms with E-state index in [1.165, 1.54) is 19.3 Å². The van der Waals surface area contributed by atoms with Gasteiger partial charge in [0.2, 0.25) is 0 Å². The molecule has 0 saturated heterocycles. The van der Waals surface area contributed by atoms with Crippen molar-refractivity contribution < 1.29 is 9.53 Å². The number of rotatable bonds is 5. The molecule has 0 aromatic rings. The van der Waals surface area contributed by atoms with E-state index in [1.54, 1.807) is 0 Å². The lowest BCUT2D eigenvalue weighted by Gasteiger charge is -2.55. The van der Waals surface area contributed by atoms with Crippen LogP contribution in [0.4, 0.5) is 0 Å². The highest BCUT2D eigenvalue weighted by molar-refractivity contribution is 5.88. The number of esters is 1. The second-order valence-corrected chi connectivity index (χ2v) is 6.92. The van der Waals surface area contributed by atoms with E-state index >= 15 is 0 Å². The van der Waals surface area contributed by atoms with Crippen LogP contribution in [0.3, 0.4) is 0 Å². The zero-order chi connectivity index (χ0) is 13.5. The highest BCUT2D eigenvalue weighted by atomic mass is 16.6. The van der Waals surface area contributed by atoms with Gasteiger partial charge in [-0.25, -0.2) is 4.79 Å². The predicted molar refractivity (Wildman–Crippen MR) is 75.6 cm³/mol. The Kier molecular flexibility index (Phi) is 3.28. The Morgan fingerprint density at radius 1 is 1.16 bits per heavy atom. The maximum atomic E-state index is 12.2. The minimum Gasteiger partial charge on any atom is -0.456 e. The van der Waals surface area contributed by atoms with Gasteiger partial charge in [-0.1, -0.05) is 12.7 Å². The van der Waals surface area contributed by atoms with Crippen molar-refractivity contribution in [3.8, 4) is 0 Å². The van der Waals surface area contributed by atoms with Crippen LogP contribution in [0.15, 0.2) is 24.8 Å². The SMILES string of the molecule is C=CCCC(=C)C(=O)OC12CC3CC(CC(C3)C1)C2. The molecule has 2 heteroatoms. The molecule has 0 spiro atoms. The van der Waals surface area contributed by atoms with Gasteiger partial charge in [-0.2, -0.15) is 0 Å². The fourth-order valence-electron chi connectivity index (χ4n) is 4.80. The minimum absolute atomic E-state index is 0.136. The summed E-state index contributed by atoms with van der Waals surface area (Å²) in [6, 6.07) is 0. The van der Waals surface area contributed by atoms with Crippen LogP contribution in [0.5, 0.6) is 0 Å². The molecule has 4 aliphatic carbocycles. The summed E-state index contributed by atoms with van der Waals surface area (Å²) in [5.41, 5.74) is 0.471. The van der Waals surface area contributed by atoms with Gasteiger partial charge >= 0.3 is 5.97 Å². The summed E-state index contributed by atoms with van der Waals surface area (Å²) in [4.78, 5) is 12.2. The number of hydrogen-bond acceptors (Lipinski definition) is 2. The number of carbonyl (C=O) groups is 1. The molecule has 19 heavy (non-hydrogen) atoms. The smallest absolute Gasteiger partial charge is 0.333 e. The van der Waals surface area contributed by atoms with Gasteiger partial charge in [-0.05, 0) is 69.1 Å². The lowest BCUT2D eigenvalue weighted by Crippen LogP contribution is -2.52. The van der Waals surface area contributed by atoms with E-state index in [0.29, 0.717) is 12.0 Å². The number of carbonyl (C=O) groups excluding carboxylic acids is 1. The summed E-state index contributed by atoms with van der Waals surface area (Å²) in [6.07, 6.45) is 10.7. The van der Waals surface area contributed by atoms with Crippen LogP contribution in [-0.4, -0.2) is 11.6 Å². The molecule has 0 N–H and O–H groups in total. The molecule has 0 atom stereocenters. The van der Waals surface area contributed by atoms with Crippen molar-refractivity contribution in [3.63, 3.8) is 0 Å². The van der Waals surface area contributed by atoms with Crippen LogP contribution < -0.4 is 0 Å². The number of hydrogen-bond donors (Lipinski definition) is 0. The lowest BCUT2D eigenvalue weighted by molar-refractivity contribution is -0.182. The molecule has 4 aliphatic rings. The standard InChI is InChI=1S/C17H24O2/c1-3-4-5-12(2)16(18)19-17-9-13-6-14(10-17)8-15(7-13)11-17/h3,13-15H,1-2,4-11H2.